The van der Waals surface area contributed by atoms with E-state index in [9.17, 15) is 18.0 Å². The van der Waals surface area contributed by atoms with E-state index in [1.807, 2.05) is 0 Å². The molecule has 0 spiro atoms. The number of rotatable bonds is 7. The molecule has 5 N–H and O–H groups in total. The SMILES string of the molecule is CC(C)NS(=O)(=O)c1ccc(C(=O)Nc2nc(-c3c[nH]c(C(N)=O)c3)cs2)cc1. The fourth-order valence-corrected chi connectivity index (χ4v) is 4.45. The smallest absolute Gasteiger partial charge is 0.265 e. The maximum Gasteiger partial charge on any atom is 0.265 e. The van der Waals surface area contributed by atoms with Crippen LogP contribution in [0.2, 0.25) is 0 Å². The van der Waals surface area contributed by atoms with Gasteiger partial charge in [0.05, 0.1) is 10.6 Å². The molecule has 29 heavy (non-hydrogen) atoms. The van der Waals surface area contributed by atoms with Crippen LogP contribution in [-0.2, 0) is 10.0 Å². The quantitative estimate of drug-likeness (QED) is 0.451. The molecule has 0 aliphatic carbocycles. The fourth-order valence-electron chi connectivity index (χ4n) is 2.48. The van der Waals surface area contributed by atoms with Crippen molar-refractivity contribution >= 4 is 38.3 Å². The largest absolute Gasteiger partial charge is 0.364 e. The Kier molecular flexibility index (Phi) is 5.82. The Hall–Kier alpha value is -3.02. The van der Waals surface area contributed by atoms with Gasteiger partial charge in [-0.15, -0.1) is 11.3 Å². The van der Waals surface area contributed by atoms with Crippen molar-refractivity contribution in [3.05, 3.63) is 53.2 Å². The van der Waals surface area contributed by atoms with E-state index in [0.29, 0.717) is 22.0 Å². The predicted molar refractivity (Wildman–Crippen MR) is 110 cm³/mol. The lowest BCUT2D eigenvalue weighted by molar-refractivity contribution is 0.0994. The van der Waals surface area contributed by atoms with Crippen molar-refractivity contribution in [2.45, 2.75) is 24.8 Å². The number of nitrogens with one attached hydrogen (secondary N) is 3. The first-order valence-corrected chi connectivity index (χ1v) is 10.9. The number of nitrogens with zero attached hydrogens (tertiary/aromatic N) is 1. The molecule has 2 aromatic heterocycles. The molecule has 3 rings (SSSR count). The molecular formula is C18H19N5O4S2. The zero-order chi connectivity index (χ0) is 21.2. The van der Waals surface area contributed by atoms with Crippen LogP contribution >= 0.6 is 11.3 Å². The van der Waals surface area contributed by atoms with Crippen molar-refractivity contribution in [3.8, 4) is 11.3 Å². The van der Waals surface area contributed by atoms with E-state index in [1.54, 1.807) is 31.5 Å². The van der Waals surface area contributed by atoms with Crippen LogP contribution in [0.4, 0.5) is 5.13 Å². The van der Waals surface area contributed by atoms with E-state index in [0.717, 1.165) is 0 Å². The summed E-state index contributed by atoms with van der Waals surface area (Å²) < 4.78 is 26.8. The third kappa shape index (κ3) is 4.88. The lowest BCUT2D eigenvalue weighted by Gasteiger charge is -2.10. The minimum atomic E-state index is -3.62. The number of hydrogen-bond donors (Lipinski definition) is 4. The molecule has 9 nitrogen and oxygen atoms in total. The van der Waals surface area contributed by atoms with Gasteiger partial charge in [0.25, 0.3) is 11.8 Å². The number of amides is 2. The molecule has 0 bridgehead atoms. The number of sulfonamides is 1. The zero-order valence-corrected chi connectivity index (χ0v) is 17.2. The first-order chi connectivity index (χ1) is 13.7. The summed E-state index contributed by atoms with van der Waals surface area (Å²) in [7, 11) is -3.62. The Morgan fingerprint density at radius 1 is 1.21 bits per heavy atom. The molecule has 0 fully saturated rings. The van der Waals surface area contributed by atoms with E-state index in [4.69, 9.17) is 5.73 Å². The standard InChI is InChI=1S/C18H19N5O4S2/c1-10(2)23-29(26,27)13-5-3-11(4-6-13)17(25)22-18-21-15(9-28-18)12-7-14(16(19)24)20-8-12/h3-10,20,23H,1-2H3,(H2,19,24)(H,21,22,25). The monoisotopic (exact) mass is 433 g/mol. The molecule has 152 valence electrons. The number of aromatic nitrogens is 2. The predicted octanol–water partition coefficient (Wildman–Crippen LogP) is 2.18. The fraction of sp³-hybridized carbons (Fsp3) is 0.167. The van der Waals surface area contributed by atoms with Crippen LogP contribution in [0.25, 0.3) is 11.3 Å². The van der Waals surface area contributed by atoms with Crippen LogP contribution in [0.5, 0.6) is 0 Å². The van der Waals surface area contributed by atoms with Gasteiger partial charge in [-0.25, -0.2) is 18.1 Å². The maximum atomic E-state index is 12.4. The highest BCUT2D eigenvalue weighted by Gasteiger charge is 2.17. The Balaban J connectivity index is 1.70. The van der Waals surface area contributed by atoms with Crippen LogP contribution in [-0.4, -0.2) is 36.2 Å². The second kappa shape index (κ2) is 8.15. The number of aromatic amines is 1. The third-order valence-electron chi connectivity index (χ3n) is 3.79. The van der Waals surface area contributed by atoms with Crippen LogP contribution < -0.4 is 15.8 Å². The number of nitrogens with two attached hydrogens (primary N) is 1. The lowest BCUT2D eigenvalue weighted by Crippen LogP contribution is -2.30. The van der Waals surface area contributed by atoms with Gasteiger partial charge in [-0.05, 0) is 44.2 Å². The zero-order valence-electron chi connectivity index (χ0n) is 15.6. The molecule has 2 amide bonds. The number of anilines is 1. The summed E-state index contributed by atoms with van der Waals surface area (Å²) in [6.07, 6.45) is 1.60. The Labute approximate surface area is 171 Å². The van der Waals surface area contributed by atoms with E-state index in [-0.39, 0.29) is 16.6 Å². The van der Waals surface area contributed by atoms with Gasteiger partial charge in [0.2, 0.25) is 10.0 Å². The average molecular weight is 434 g/mol. The number of hydrogen-bond acceptors (Lipinski definition) is 6. The molecule has 0 aliphatic rings. The first-order valence-electron chi connectivity index (χ1n) is 8.53. The highest BCUT2D eigenvalue weighted by Crippen LogP contribution is 2.26. The van der Waals surface area contributed by atoms with Crippen molar-refractivity contribution < 1.29 is 18.0 Å². The summed E-state index contributed by atoms with van der Waals surface area (Å²) in [6.45, 7) is 3.45. The van der Waals surface area contributed by atoms with Crippen LogP contribution in [0, 0.1) is 0 Å². The summed E-state index contributed by atoms with van der Waals surface area (Å²) in [5.74, 6) is -0.993. The van der Waals surface area contributed by atoms with Crippen LogP contribution in [0.3, 0.4) is 0 Å². The lowest BCUT2D eigenvalue weighted by atomic mass is 10.2. The molecular weight excluding hydrogens is 414 g/mol. The number of carbonyl (C=O) groups excluding carboxylic acids is 2. The highest BCUT2D eigenvalue weighted by atomic mass is 32.2. The number of primary amides is 1. The summed E-state index contributed by atoms with van der Waals surface area (Å²) in [5.41, 5.74) is 7.02. The minimum Gasteiger partial charge on any atom is -0.364 e. The molecule has 0 saturated heterocycles. The van der Waals surface area contributed by atoms with Gasteiger partial charge in [-0.2, -0.15) is 0 Å². The number of thiazole rings is 1. The van der Waals surface area contributed by atoms with Gasteiger partial charge in [0.1, 0.15) is 5.69 Å². The Morgan fingerprint density at radius 3 is 2.48 bits per heavy atom. The Bertz CT molecular complexity index is 1150. The molecule has 0 unspecified atom stereocenters. The third-order valence-corrected chi connectivity index (χ3v) is 6.22. The van der Waals surface area contributed by atoms with Gasteiger partial charge in [0, 0.05) is 28.7 Å². The van der Waals surface area contributed by atoms with Gasteiger partial charge in [-0.3, -0.25) is 14.9 Å². The second-order valence-electron chi connectivity index (χ2n) is 6.46. The van der Waals surface area contributed by atoms with E-state index < -0.39 is 21.8 Å². The topological polar surface area (TPSA) is 147 Å². The van der Waals surface area contributed by atoms with E-state index in [2.05, 4.69) is 20.0 Å². The molecule has 3 aromatic rings. The summed E-state index contributed by atoms with van der Waals surface area (Å²) in [5, 5.41) is 4.77. The van der Waals surface area contributed by atoms with Gasteiger partial charge in [0.15, 0.2) is 5.13 Å². The van der Waals surface area contributed by atoms with Crippen molar-refractivity contribution in [1.82, 2.24) is 14.7 Å². The molecule has 2 heterocycles. The molecule has 1 aromatic carbocycles. The van der Waals surface area contributed by atoms with Gasteiger partial charge >= 0.3 is 0 Å². The minimum absolute atomic E-state index is 0.0806. The average Bonchev–Trinajstić information content (AvgIpc) is 3.30. The van der Waals surface area contributed by atoms with Crippen molar-refractivity contribution in [3.63, 3.8) is 0 Å². The summed E-state index contributed by atoms with van der Waals surface area (Å²) in [6, 6.07) is 6.96. The van der Waals surface area contributed by atoms with Gasteiger partial charge < -0.3 is 10.7 Å². The highest BCUT2D eigenvalue weighted by molar-refractivity contribution is 7.89. The van der Waals surface area contributed by atoms with Crippen LogP contribution in [0.15, 0.2) is 46.8 Å². The summed E-state index contributed by atoms with van der Waals surface area (Å²) >= 11 is 1.22. The van der Waals surface area contributed by atoms with Crippen molar-refractivity contribution in [2.24, 2.45) is 5.73 Å². The number of H-pyrrole nitrogens is 1. The number of benzene rings is 1. The molecule has 0 aliphatic heterocycles. The molecule has 11 heteroatoms. The van der Waals surface area contributed by atoms with Crippen LogP contribution in [0.1, 0.15) is 34.7 Å². The second-order valence-corrected chi connectivity index (χ2v) is 9.03. The molecule has 0 radical (unpaired) electrons. The number of carbonyl (C=O) groups is 2. The normalized spacial score (nSPS) is 11.6. The Morgan fingerprint density at radius 2 is 1.90 bits per heavy atom. The van der Waals surface area contributed by atoms with E-state index >= 15 is 0 Å². The molecule has 0 saturated carbocycles. The van der Waals surface area contributed by atoms with Gasteiger partial charge in [-0.1, -0.05) is 0 Å². The van der Waals surface area contributed by atoms with Crippen molar-refractivity contribution in [2.75, 3.05) is 5.32 Å². The van der Waals surface area contributed by atoms with E-state index in [1.165, 1.54) is 35.6 Å². The first kappa shape index (κ1) is 20.7. The van der Waals surface area contributed by atoms with Crippen molar-refractivity contribution in [1.29, 1.82) is 0 Å². The molecule has 0 atom stereocenters. The maximum absolute atomic E-state index is 12.4. The summed E-state index contributed by atoms with van der Waals surface area (Å²) in [4.78, 5) is 30.7.